The molecule has 4 nitrogen and oxygen atoms in total. The van der Waals surface area contributed by atoms with Crippen molar-refractivity contribution in [2.45, 2.75) is 20.4 Å². The highest BCUT2D eigenvalue weighted by atomic mass is 16.5. The Labute approximate surface area is 150 Å². The largest absolute Gasteiger partial charge is 0.497 e. The summed E-state index contributed by atoms with van der Waals surface area (Å²) in [6.07, 6.45) is 1.92. The van der Waals surface area contributed by atoms with Gasteiger partial charge in [0.15, 0.2) is 0 Å². The fourth-order valence-corrected chi connectivity index (χ4v) is 3.15. The van der Waals surface area contributed by atoms with Crippen LogP contribution in [0.4, 0.5) is 0 Å². The predicted molar refractivity (Wildman–Crippen MR) is 103 cm³/mol. The SMILES string of the molecule is COc1cccc(/C=N\N2CCN(Cc3ccc(C)cc3C)CC2)c1. The maximum atomic E-state index is 5.25. The van der Waals surface area contributed by atoms with E-state index in [1.807, 2.05) is 30.5 Å². The Kier molecular flexibility index (Phi) is 5.71. The van der Waals surface area contributed by atoms with Crippen LogP contribution in [-0.4, -0.2) is 49.4 Å². The van der Waals surface area contributed by atoms with Crippen molar-refractivity contribution in [3.63, 3.8) is 0 Å². The second-order valence-electron chi connectivity index (χ2n) is 6.68. The highest BCUT2D eigenvalue weighted by Crippen LogP contribution is 2.15. The monoisotopic (exact) mass is 337 g/mol. The quantitative estimate of drug-likeness (QED) is 0.782. The lowest BCUT2D eigenvalue weighted by Gasteiger charge is -2.33. The van der Waals surface area contributed by atoms with Crippen LogP contribution in [0.2, 0.25) is 0 Å². The summed E-state index contributed by atoms with van der Waals surface area (Å²) in [6.45, 7) is 9.40. The molecule has 4 heteroatoms. The Morgan fingerprint density at radius 2 is 1.84 bits per heavy atom. The van der Waals surface area contributed by atoms with Crippen LogP contribution in [0.25, 0.3) is 0 Å². The Balaban J connectivity index is 1.52. The summed E-state index contributed by atoms with van der Waals surface area (Å²) in [6, 6.07) is 14.7. The first-order valence-corrected chi connectivity index (χ1v) is 8.85. The van der Waals surface area contributed by atoms with E-state index in [9.17, 15) is 0 Å². The predicted octanol–water partition coefficient (Wildman–Crippen LogP) is 3.46. The van der Waals surface area contributed by atoms with Crippen LogP contribution in [0.5, 0.6) is 5.75 Å². The molecule has 1 aliphatic heterocycles. The van der Waals surface area contributed by atoms with E-state index in [1.165, 1.54) is 16.7 Å². The number of nitrogens with zero attached hydrogens (tertiary/aromatic N) is 3. The van der Waals surface area contributed by atoms with E-state index in [0.717, 1.165) is 44.0 Å². The molecule has 2 aromatic carbocycles. The summed E-state index contributed by atoms with van der Waals surface area (Å²) >= 11 is 0. The molecule has 0 N–H and O–H groups in total. The van der Waals surface area contributed by atoms with Crippen LogP contribution >= 0.6 is 0 Å². The minimum Gasteiger partial charge on any atom is -0.497 e. The van der Waals surface area contributed by atoms with Gasteiger partial charge in [0, 0.05) is 32.7 Å². The van der Waals surface area contributed by atoms with Gasteiger partial charge in [-0.2, -0.15) is 5.10 Å². The van der Waals surface area contributed by atoms with Gasteiger partial charge in [-0.3, -0.25) is 9.91 Å². The average molecular weight is 337 g/mol. The first-order chi connectivity index (χ1) is 12.1. The normalized spacial score (nSPS) is 15.7. The van der Waals surface area contributed by atoms with Crippen molar-refractivity contribution >= 4 is 6.21 Å². The van der Waals surface area contributed by atoms with Crippen molar-refractivity contribution in [1.82, 2.24) is 9.91 Å². The number of benzene rings is 2. The number of piperazine rings is 1. The van der Waals surface area contributed by atoms with Gasteiger partial charge < -0.3 is 4.74 Å². The molecule has 1 saturated heterocycles. The van der Waals surface area contributed by atoms with Crippen molar-refractivity contribution in [2.24, 2.45) is 5.10 Å². The number of methoxy groups -OCH3 is 1. The molecule has 3 rings (SSSR count). The Morgan fingerprint density at radius 3 is 2.56 bits per heavy atom. The summed E-state index contributed by atoms with van der Waals surface area (Å²) in [5.74, 6) is 0.863. The van der Waals surface area contributed by atoms with Gasteiger partial charge in [0.1, 0.15) is 5.75 Å². The van der Waals surface area contributed by atoms with Crippen molar-refractivity contribution in [3.8, 4) is 5.75 Å². The lowest BCUT2D eigenvalue weighted by molar-refractivity contribution is 0.131. The van der Waals surface area contributed by atoms with Crippen molar-refractivity contribution in [3.05, 3.63) is 64.7 Å². The molecule has 0 aromatic heterocycles. The number of hydrazone groups is 1. The summed E-state index contributed by atoms with van der Waals surface area (Å²) in [7, 11) is 1.69. The van der Waals surface area contributed by atoms with E-state index in [-0.39, 0.29) is 0 Å². The second kappa shape index (κ2) is 8.17. The van der Waals surface area contributed by atoms with Gasteiger partial charge in [-0.1, -0.05) is 35.9 Å². The molecule has 0 aliphatic carbocycles. The Morgan fingerprint density at radius 1 is 1.04 bits per heavy atom. The van der Waals surface area contributed by atoms with Crippen molar-refractivity contribution in [2.75, 3.05) is 33.3 Å². The lowest BCUT2D eigenvalue weighted by atomic mass is 10.1. The maximum absolute atomic E-state index is 5.25. The van der Waals surface area contributed by atoms with Crippen LogP contribution in [0, 0.1) is 13.8 Å². The van der Waals surface area contributed by atoms with Gasteiger partial charge in [0.2, 0.25) is 0 Å². The molecule has 0 saturated carbocycles. The molecule has 1 aliphatic rings. The van der Waals surface area contributed by atoms with Crippen LogP contribution in [0.15, 0.2) is 47.6 Å². The highest BCUT2D eigenvalue weighted by Gasteiger charge is 2.16. The van der Waals surface area contributed by atoms with E-state index in [2.05, 4.69) is 47.1 Å². The molecular weight excluding hydrogens is 310 g/mol. The molecule has 25 heavy (non-hydrogen) atoms. The fourth-order valence-electron chi connectivity index (χ4n) is 3.15. The molecule has 0 unspecified atom stereocenters. The van der Waals surface area contributed by atoms with Gasteiger partial charge in [-0.15, -0.1) is 0 Å². The molecule has 1 fully saturated rings. The number of ether oxygens (including phenoxy) is 1. The van der Waals surface area contributed by atoms with Gasteiger partial charge >= 0.3 is 0 Å². The summed E-state index contributed by atoms with van der Waals surface area (Å²) in [5, 5.41) is 6.78. The third-order valence-corrected chi connectivity index (χ3v) is 4.70. The summed E-state index contributed by atoms with van der Waals surface area (Å²) < 4.78 is 5.25. The zero-order valence-corrected chi connectivity index (χ0v) is 15.4. The van der Waals surface area contributed by atoms with E-state index in [4.69, 9.17) is 4.74 Å². The molecule has 0 amide bonds. The maximum Gasteiger partial charge on any atom is 0.119 e. The molecule has 0 radical (unpaired) electrons. The third-order valence-electron chi connectivity index (χ3n) is 4.70. The van der Waals surface area contributed by atoms with Crippen LogP contribution in [0.3, 0.4) is 0 Å². The zero-order valence-electron chi connectivity index (χ0n) is 15.4. The molecule has 1 heterocycles. The minimum atomic E-state index is 0.863. The molecule has 0 atom stereocenters. The Bertz CT molecular complexity index is 734. The van der Waals surface area contributed by atoms with Gasteiger partial charge in [-0.25, -0.2) is 0 Å². The molecule has 132 valence electrons. The average Bonchev–Trinajstić information content (AvgIpc) is 2.63. The zero-order chi connectivity index (χ0) is 17.6. The molecule has 0 bridgehead atoms. The fraction of sp³-hybridized carbons (Fsp3) is 0.381. The van der Waals surface area contributed by atoms with E-state index >= 15 is 0 Å². The lowest BCUT2D eigenvalue weighted by Crippen LogP contribution is -2.43. The van der Waals surface area contributed by atoms with Gasteiger partial charge in [-0.05, 0) is 42.7 Å². The summed E-state index contributed by atoms with van der Waals surface area (Å²) in [5.41, 5.74) is 5.22. The van der Waals surface area contributed by atoms with Crippen molar-refractivity contribution < 1.29 is 4.74 Å². The van der Waals surface area contributed by atoms with E-state index < -0.39 is 0 Å². The van der Waals surface area contributed by atoms with E-state index in [0.29, 0.717) is 0 Å². The number of rotatable bonds is 5. The Hall–Kier alpha value is -2.33. The first-order valence-electron chi connectivity index (χ1n) is 8.85. The van der Waals surface area contributed by atoms with E-state index in [1.54, 1.807) is 7.11 Å². The van der Waals surface area contributed by atoms with Gasteiger partial charge in [0.25, 0.3) is 0 Å². The standard InChI is InChI=1S/C21H27N3O/c1-17-7-8-20(18(2)13-17)16-23-9-11-24(12-10-23)22-15-19-5-4-6-21(14-19)25-3/h4-8,13-15H,9-12,16H2,1-3H3/b22-15-. The van der Waals surface area contributed by atoms with Crippen LogP contribution in [-0.2, 0) is 6.54 Å². The number of aryl methyl sites for hydroxylation is 2. The molecule has 2 aromatic rings. The summed E-state index contributed by atoms with van der Waals surface area (Å²) in [4.78, 5) is 2.51. The molecular formula is C21H27N3O. The highest BCUT2D eigenvalue weighted by molar-refractivity contribution is 5.79. The topological polar surface area (TPSA) is 28.1 Å². The minimum absolute atomic E-state index is 0.863. The smallest absolute Gasteiger partial charge is 0.119 e. The van der Waals surface area contributed by atoms with Gasteiger partial charge in [0.05, 0.1) is 13.3 Å². The first kappa shape index (κ1) is 17.5. The van der Waals surface area contributed by atoms with Crippen molar-refractivity contribution in [1.29, 1.82) is 0 Å². The third kappa shape index (κ3) is 4.83. The number of hydrogen-bond donors (Lipinski definition) is 0. The van der Waals surface area contributed by atoms with Crippen LogP contribution in [0.1, 0.15) is 22.3 Å². The van der Waals surface area contributed by atoms with Crippen LogP contribution < -0.4 is 4.74 Å². The number of hydrogen-bond acceptors (Lipinski definition) is 4. The molecule has 0 spiro atoms. The second-order valence-corrected chi connectivity index (χ2v) is 6.68.